The lowest BCUT2D eigenvalue weighted by molar-refractivity contribution is 0.0946. The number of aromatic nitrogens is 4. The van der Waals surface area contributed by atoms with Crippen molar-refractivity contribution in [2.45, 2.75) is 13.1 Å². The van der Waals surface area contributed by atoms with Crippen molar-refractivity contribution < 1.29 is 4.79 Å². The Kier molecular flexibility index (Phi) is 5.73. The van der Waals surface area contributed by atoms with Gasteiger partial charge >= 0.3 is 0 Å². The Morgan fingerprint density at radius 1 is 0.970 bits per heavy atom. The highest BCUT2D eigenvalue weighted by molar-refractivity contribution is 7.13. The summed E-state index contributed by atoms with van der Waals surface area (Å²) in [5.74, 6) is -0.288. The number of hydrogen-bond donors (Lipinski definition) is 1. The van der Waals surface area contributed by atoms with Crippen molar-refractivity contribution in [3.05, 3.63) is 112 Å². The predicted molar refractivity (Wildman–Crippen MR) is 128 cm³/mol. The van der Waals surface area contributed by atoms with Crippen LogP contribution in [0.4, 0.5) is 0 Å². The Morgan fingerprint density at radius 2 is 1.76 bits per heavy atom. The number of hydrogen-bond acceptors (Lipinski definition) is 6. The average molecular weight is 454 g/mol. The highest BCUT2D eigenvalue weighted by Crippen LogP contribution is 2.23. The molecule has 0 bridgehead atoms. The monoisotopic (exact) mass is 453 g/mol. The van der Waals surface area contributed by atoms with Crippen LogP contribution in [0.2, 0.25) is 0 Å². The van der Waals surface area contributed by atoms with Crippen molar-refractivity contribution in [1.29, 1.82) is 0 Å². The van der Waals surface area contributed by atoms with E-state index in [1.807, 2.05) is 60.7 Å². The number of pyridine rings is 1. The van der Waals surface area contributed by atoms with Gasteiger partial charge in [-0.2, -0.15) is 5.10 Å². The standard InChI is InChI=1S/C25H19N5O2S/c31-23(22-16-33-24(28-22)18-8-2-1-3-9-18)27-14-21-19-10-4-5-11-20(19)25(32)30(29-21)15-17-7-6-12-26-13-17/h1-13,16H,14-15H2,(H,27,31). The smallest absolute Gasteiger partial charge is 0.274 e. The summed E-state index contributed by atoms with van der Waals surface area (Å²) in [7, 11) is 0. The third kappa shape index (κ3) is 4.42. The molecule has 0 radical (unpaired) electrons. The molecule has 0 aliphatic rings. The summed E-state index contributed by atoms with van der Waals surface area (Å²) in [6, 6.07) is 20.7. The van der Waals surface area contributed by atoms with Gasteiger partial charge in [0.05, 0.1) is 24.2 Å². The predicted octanol–water partition coefficient (Wildman–Crippen LogP) is 3.89. The number of carbonyl (C=O) groups is 1. The summed E-state index contributed by atoms with van der Waals surface area (Å²) in [6.45, 7) is 0.468. The quantitative estimate of drug-likeness (QED) is 0.421. The van der Waals surface area contributed by atoms with Crippen molar-refractivity contribution in [1.82, 2.24) is 25.1 Å². The summed E-state index contributed by atoms with van der Waals surface area (Å²) in [6.07, 6.45) is 3.39. The van der Waals surface area contributed by atoms with E-state index in [9.17, 15) is 9.59 Å². The van der Waals surface area contributed by atoms with Crippen LogP contribution in [0.1, 0.15) is 21.7 Å². The number of rotatable bonds is 6. The van der Waals surface area contributed by atoms with Crippen LogP contribution in [0, 0.1) is 0 Å². The van der Waals surface area contributed by atoms with E-state index in [-0.39, 0.29) is 18.0 Å². The molecule has 33 heavy (non-hydrogen) atoms. The molecule has 5 aromatic rings. The molecule has 162 valence electrons. The van der Waals surface area contributed by atoms with Gasteiger partial charge in [-0.3, -0.25) is 14.6 Å². The van der Waals surface area contributed by atoms with Crippen LogP contribution in [-0.4, -0.2) is 25.7 Å². The maximum atomic E-state index is 13.0. The zero-order valence-corrected chi connectivity index (χ0v) is 18.3. The second-order valence-electron chi connectivity index (χ2n) is 7.40. The molecule has 0 saturated carbocycles. The third-order valence-corrected chi connectivity index (χ3v) is 6.06. The molecule has 3 aromatic heterocycles. The highest BCUT2D eigenvalue weighted by atomic mass is 32.1. The van der Waals surface area contributed by atoms with Crippen molar-refractivity contribution in [2.75, 3.05) is 0 Å². The van der Waals surface area contributed by atoms with Crippen LogP contribution in [0.3, 0.4) is 0 Å². The van der Waals surface area contributed by atoms with Gasteiger partial charge in [-0.05, 0) is 17.7 Å². The van der Waals surface area contributed by atoms with Gasteiger partial charge in [-0.25, -0.2) is 9.67 Å². The van der Waals surface area contributed by atoms with Crippen LogP contribution >= 0.6 is 11.3 Å². The number of nitrogens with zero attached hydrogens (tertiary/aromatic N) is 4. The molecule has 8 heteroatoms. The van der Waals surface area contributed by atoms with E-state index in [2.05, 4.69) is 20.4 Å². The van der Waals surface area contributed by atoms with E-state index in [1.165, 1.54) is 16.0 Å². The first-order valence-corrected chi connectivity index (χ1v) is 11.2. The molecule has 0 saturated heterocycles. The lowest BCUT2D eigenvalue weighted by Gasteiger charge is -2.11. The lowest BCUT2D eigenvalue weighted by atomic mass is 10.1. The van der Waals surface area contributed by atoms with Gasteiger partial charge < -0.3 is 5.32 Å². The van der Waals surface area contributed by atoms with Crippen LogP contribution in [-0.2, 0) is 13.1 Å². The molecular weight excluding hydrogens is 434 g/mol. The summed E-state index contributed by atoms with van der Waals surface area (Å²) in [4.78, 5) is 34.3. The van der Waals surface area contributed by atoms with Crippen LogP contribution in [0.25, 0.3) is 21.3 Å². The van der Waals surface area contributed by atoms with Gasteiger partial charge in [0.15, 0.2) is 0 Å². The van der Waals surface area contributed by atoms with Crippen molar-refractivity contribution >= 4 is 28.0 Å². The zero-order valence-electron chi connectivity index (χ0n) is 17.5. The van der Waals surface area contributed by atoms with Gasteiger partial charge in [0, 0.05) is 28.7 Å². The van der Waals surface area contributed by atoms with Crippen molar-refractivity contribution in [2.24, 2.45) is 0 Å². The Bertz CT molecular complexity index is 1480. The van der Waals surface area contributed by atoms with E-state index in [4.69, 9.17) is 0 Å². The Balaban J connectivity index is 1.40. The zero-order chi connectivity index (χ0) is 22.6. The summed E-state index contributed by atoms with van der Waals surface area (Å²) < 4.78 is 1.41. The fourth-order valence-corrected chi connectivity index (χ4v) is 4.36. The maximum Gasteiger partial charge on any atom is 0.274 e. The topological polar surface area (TPSA) is 89.8 Å². The molecule has 0 aliphatic heterocycles. The van der Waals surface area contributed by atoms with Crippen LogP contribution < -0.4 is 10.9 Å². The molecule has 3 heterocycles. The maximum absolute atomic E-state index is 13.0. The number of benzene rings is 2. The molecule has 5 rings (SSSR count). The number of carbonyl (C=O) groups excluding carboxylic acids is 1. The van der Waals surface area contributed by atoms with E-state index < -0.39 is 0 Å². The van der Waals surface area contributed by atoms with E-state index in [0.717, 1.165) is 16.1 Å². The minimum absolute atomic E-state index is 0.171. The first-order chi connectivity index (χ1) is 16.2. The van der Waals surface area contributed by atoms with Crippen molar-refractivity contribution in [3.8, 4) is 10.6 Å². The molecule has 0 spiro atoms. The van der Waals surface area contributed by atoms with Gasteiger partial charge in [0.1, 0.15) is 10.7 Å². The summed E-state index contributed by atoms with van der Waals surface area (Å²) in [5, 5.41) is 11.3. The number of amides is 1. The molecule has 2 aromatic carbocycles. The van der Waals surface area contributed by atoms with E-state index >= 15 is 0 Å². The number of thiazole rings is 1. The van der Waals surface area contributed by atoms with E-state index in [0.29, 0.717) is 28.7 Å². The van der Waals surface area contributed by atoms with Gasteiger partial charge in [-0.15, -0.1) is 11.3 Å². The Hall–Kier alpha value is -4.17. The highest BCUT2D eigenvalue weighted by Gasteiger charge is 2.15. The molecule has 7 nitrogen and oxygen atoms in total. The minimum Gasteiger partial charge on any atom is -0.345 e. The van der Waals surface area contributed by atoms with Crippen LogP contribution in [0.5, 0.6) is 0 Å². The first kappa shape index (κ1) is 20.7. The molecular formula is C25H19N5O2S. The van der Waals surface area contributed by atoms with Gasteiger partial charge in [0.2, 0.25) is 0 Å². The Morgan fingerprint density at radius 3 is 2.55 bits per heavy atom. The Labute approximate surface area is 193 Å². The fraction of sp³-hybridized carbons (Fsp3) is 0.0800. The summed E-state index contributed by atoms with van der Waals surface area (Å²) in [5.41, 5.74) is 2.62. The van der Waals surface area contributed by atoms with Crippen molar-refractivity contribution in [3.63, 3.8) is 0 Å². The normalized spacial score (nSPS) is 10.9. The lowest BCUT2D eigenvalue weighted by Crippen LogP contribution is -2.29. The van der Waals surface area contributed by atoms with Crippen LogP contribution in [0.15, 0.2) is 89.3 Å². The summed E-state index contributed by atoms with van der Waals surface area (Å²) >= 11 is 1.42. The first-order valence-electron chi connectivity index (χ1n) is 10.4. The minimum atomic E-state index is -0.288. The van der Waals surface area contributed by atoms with E-state index in [1.54, 1.807) is 23.8 Å². The fourth-order valence-electron chi connectivity index (χ4n) is 3.55. The SMILES string of the molecule is O=C(NCc1nn(Cc2cccnc2)c(=O)c2ccccc12)c1csc(-c2ccccc2)n1. The number of fused-ring (bicyclic) bond motifs is 1. The molecule has 1 N–H and O–H groups in total. The second kappa shape index (κ2) is 9.13. The average Bonchev–Trinajstić information content (AvgIpc) is 3.37. The molecule has 0 fully saturated rings. The molecule has 0 aliphatic carbocycles. The molecule has 1 amide bonds. The second-order valence-corrected chi connectivity index (χ2v) is 8.26. The van der Waals surface area contributed by atoms with Gasteiger partial charge in [0.25, 0.3) is 11.5 Å². The number of nitrogens with one attached hydrogen (secondary N) is 1. The third-order valence-electron chi connectivity index (χ3n) is 5.17. The molecule has 0 atom stereocenters. The van der Waals surface area contributed by atoms with Gasteiger partial charge in [-0.1, -0.05) is 54.6 Å². The molecule has 0 unspecified atom stereocenters. The largest absolute Gasteiger partial charge is 0.345 e.